The van der Waals surface area contributed by atoms with Gasteiger partial charge in [-0.05, 0) is 42.9 Å². The molecule has 0 saturated carbocycles. The largest absolute Gasteiger partial charge is 0.573 e. The molecule has 0 radical (unpaired) electrons. The van der Waals surface area contributed by atoms with E-state index in [2.05, 4.69) is 15.0 Å². The van der Waals surface area contributed by atoms with Gasteiger partial charge in [-0.1, -0.05) is 30.3 Å². The van der Waals surface area contributed by atoms with E-state index < -0.39 is 6.36 Å². The summed E-state index contributed by atoms with van der Waals surface area (Å²) in [5.74, 6) is 0.164. The Morgan fingerprint density at radius 3 is 2.50 bits per heavy atom. The number of thioether (sulfide) groups is 1. The summed E-state index contributed by atoms with van der Waals surface area (Å²) >= 11 is 2.95. The first kappa shape index (κ1) is 26.0. The van der Waals surface area contributed by atoms with Crippen LogP contribution in [-0.2, 0) is 4.79 Å². The molecule has 0 aliphatic carbocycles. The van der Waals surface area contributed by atoms with Gasteiger partial charge in [-0.25, -0.2) is 4.98 Å². The lowest BCUT2D eigenvalue weighted by Gasteiger charge is -2.31. The van der Waals surface area contributed by atoms with Gasteiger partial charge in [0, 0.05) is 35.6 Å². The summed E-state index contributed by atoms with van der Waals surface area (Å²) in [4.78, 5) is 31.5. The van der Waals surface area contributed by atoms with Crippen molar-refractivity contribution < 1.29 is 27.5 Å². The lowest BCUT2D eigenvalue weighted by atomic mass is 9.97. The van der Waals surface area contributed by atoms with Gasteiger partial charge in [0.25, 0.3) is 5.91 Å². The third-order valence-corrected chi connectivity index (χ3v) is 7.34. The normalized spacial score (nSPS) is 14.5. The highest BCUT2D eigenvalue weighted by Crippen LogP contribution is 2.33. The van der Waals surface area contributed by atoms with Gasteiger partial charge in [0.15, 0.2) is 0 Å². The van der Waals surface area contributed by atoms with E-state index in [0.29, 0.717) is 41.4 Å². The second-order valence-electron chi connectivity index (χ2n) is 8.23. The molecule has 36 heavy (non-hydrogen) atoms. The van der Waals surface area contributed by atoms with Crippen LogP contribution in [0.1, 0.15) is 34.3 Å². The topological polar surface area (TPSA) is 71.5 Å². The number of nitrogens with zero attached hydrogens (tertiary/aromatic N) is 2. The predicted octanol–water partition coefficient (Wildman–Crippen LogP) is 6.03. The average molecular weight is 536 g/mol. The number of hydrogen-bond donors (Lipinski definition) is 1. The lowest BCUT2D eigenvalue weighted by Crippen LogP contribution is -2.38. The number of nitrogens with one attached hydrogen (secondary N) is 1. The van der Waals surface area contributed by atoms with Crippen molar-refractivity contribution in [3.63, 3.8) is 0 Å². The first-order valence-corrected chi connectivity index (χ1v) is 13.5. The van der Waals surface area contributed by atoms with Crippen molar-refractivity contribution in [2.24, 2.45) is 0 Å². The maximum Gasteiger partial charge on any atom is 0.573 e. The number of anilines is 1. The number of hydrogen-bond acceptors (Lipinski definition) is 6. The molecule has 1 aliphatic rings. The average Bonchev–Trinajstić information content (AvgIpc) is 3.35. The number of thiazole rings is 1. The Morgan fingerprint density at radius 2 is 1.83 bits per heavy atom. The monoisotopic (exact) mass is 535 g/mol. The number of ether oxygens (including phenoxy) is 1. The molecule has 0 bridgehead atoms. The first-order valence-electron chi connectivity index (χ1n) is 11.2. The van der Waals surface area contributed by atoms with E-state index in [4.69, 9.17) is 0 Å². The third-order valence-electron chi connectivity index (χ3n) is 5.79. The molecule has 2 aromatic carbocycles. The molecular formula is C25H24F3N3O3S2. The number of amides is 2. The van der Waals surface area contributed by atoms with Gasteiger partial charge >= 0.3 is 6.36 Å². The van der Waals surface area contributed by atoms with Crippen molar-refractivity contribution in [1.29, 1.82) is 0 Å². The van der Waals surface area contributed by atoms with Crippen molar-refractivity contribution in [1.82, 2.24) is 9.88 Å². The molecule has 1 aliphatic heterocycles. The zero-order valence-corrected chi connectivity index (χ0v) is 21.0. The minimum Gasteiger partial charge on any atom is -0.406 e. The summed E-state index contributed by atoms with van der Waals surface area (Å²) in [7, 11) is 0. The molecule has 11 heteroatoms. The molecule has 1 fully saturated rings. The van der Waals surface area contributed by atoms with Crippen LogP contribution in [0.2, 0.25) is 0 Å². The summed E-state index contributed by atoms with van der Waals surface area (Å²) in [6.07, 6.45) is -1.23. The molecule has 2 amide bonds. The van der Waals surface area contributed by atoms with Crippen LogP contribution in [0.25, 0.3) is 11.1 Å². The number of benzene rings is 2. The second kappa shape index (κ2) is 11.3. The summed E-state index contributed by atoms with van der Waals surface area (Å²) in [5, 5.41) is 5.47. The number of aromatic nitrogens is 1. The highest BCUT2D eigenvalue weighted by Gasteiger charge is 2.31. The van der Waals surface area contributed by atoms with Crippen LogP contribution in [0.15, 0.2) is 53.9 Å². The van der Waals surface area contributed by atoms with Crippen LogP contribution < -0.4 is 10.1 Å². The van der Waals surface area contributed by atoms with Crippen molar-refractivity contribution in [2.75, 3.05) is 30.4 Å². The SMILES string of the molecule is CSCC(=O)N1CCC(c2nc(C(=O)Nc3ccccc3-c3ccc(OC(F)(F)F)cc3)cs2)CC1. The zero-order valence-electron chi connectivity index (χ0n) is 19.4. The maximum atomic E-state index is 13.0. The molecule has 1 N–H and O–H groups in total. The fraction of sp³-hybridized carbons (Fsp3) is 0.320. The molecule has 6 nitrogen and oxygen atoms in total. The van der Waals surface area contributed by atoms with Gasteiger partial charge in [-0.15, -0.1) is 24.5 Å². The predicted molar refractivity (Wildman–Crippen MR) is 136 cm³/mol. The first-order chi connectivity index (χ1) is 17.2. The van der Waals surface area contributed by atoms with Crippen LogP contribution in [0.4, 0.5) is 18.9 Å². The van der Waals surface area contributed by atoms with Crippen LogP contribution in [0.3, 0.4) is 0 Å². The molecule has 1 aromatic heterocycles. The minimum atomic E-state index is -4.76. The van der Waals surface area contributed by atoms with Gasteiger partial charge in [0.1, 0.15) is 11.4 Å². The quantitative estimate of drug-likeness (QED) is 0.400. The van der Waals surface area contributed by atoms with Crippen molar-refractivity contribution in [3.05, 3.63) is 64.6 Å². The van der Waals surface area contributed by atoms with E-state index in [1.165, 1.54) is 47.4 Å². The van der Waals surface area contributed by atoms with E-state index in [9.17, 15) is 22.8 Å². The van der Waals surface area contributed by atoms with E-state index in [1.54, 1.807) is 29.6 Å². The summed E-state index contributed by atoms with van der Waals surface area (Å²) in [6.45, 7) is 1.37. The van der Waals surface area contributed by atoms with Crippen LogP contribution in [0, 0.1) is 0 Å². The van der Waals surface area contributed by atoms with Crippen molar-refractivity contribution in [3.8, 4) is 16.9 Å². The van der Waals surface area contributed by atoms with Crippen molar-refractivity contribution in [2.45, 2.75) is 25.1 Å². The molecule has 190 valence electrons. The van der Waals surface area contributed by atoms with E-state index in [0.717, 1.165) is 17.8 Å². The standard InChI is InChI=1S/C25H24F3N3O3S2/c1-35-15-22(32)31-12-10-17(11-13-31)24-30-21(14-36-24)23(33)29-20-5-3-2-4-19(20)16-6-8-18(9-7-16)34-25(26,27)28/h2-9,14,17H,10-13,15H2,1H3,(H,29,33). The molecule has 0 unspecified atom stereocenters. The van der Waals surface area contributed by atoms with Gasteiger partial charge in [0.2, 0.25) is 5.91 Å². The molecule has 2 heterocycles. The highest BCUT2D eigenvalue weighted by molar-refractivity contribution is 7.99. The Bertz CT molecular complexity index is 1210. The van der Waals surface area contributed by atoms with Gasteiger partial charge in [0.05, 0.1) is 10.8 Å². The molecule has 4 rings (SSSR count). The fourth-order valence-electron chi connectivity index (χ4n) is 4.04. The van der Waals surface area contributed by atoms with E-state index in [1.807, 2.05) is 11.2 Å². The number of para-hydroxylation sites is 1. The minimum absolute atomic E-state index is 0.154. The smallest absolute Gasteiger partial charge is 0.406 e. The molecule has 1 saturated heterocycles. The highest BCUT2D eigenvalue weighted by atomic mass is 32.2. The molecule has 3 aromatic rings. The zero-order chi connectivity index (χ0) is 25.7. The van der Waals surface area contributed by atoms with E-state index >= 15 is 0 Å². The summed E-state index contributed by atoms with van der Waals surface area (Å²) in [5.41, 5.74) is 2.10. The summed E-state index contributed by atoms with van der Waals surface area (Å²) < 4.78 is 41.3. The van der Waals surface area contributed by atoms with Gasteiger partial charge in [-0.2, -0.15) is 11.8 Å². The van der Waals surface area contributed by atoms with Crippen LogP contribution in [-0.4, -0.2) is 53.2 Å². The van der Waals surface area contributed by atoms with Gasteiger partial charge in [-0.3, -0.25) is 9.59 Å². The number of rotatable bonds is 7. The van der Waals surface area contributed by atoms with Crippen LogP contribution >= 0.6 is 23.1 Å². The lowest BCUT2D eigenvalue weighted by molar-refractivity contribution is -0.274. The molecule has 0 spiro atoms. The van der Waals surface area contributed by atoms with Crippen LogP contribution in [0.5, 0.6) is 5.75 Å². The third kappa shape index (κ3) is 6.58. The number of alkyl halides is 3. The Morgan fingerprint density at radius 1 is 1.14 bits per heavy atom. The maximum absolute atomic E-state index is 13.0. The Labute approximate surface area is 214 Å². The summed E-state index contributed by atoms with van der Waals surface area (Å²) in [6, 6.07) is 12.5. The molecule has 0 atom stereocenters. The number of halogens is 3. The number of carbonyl (C=O) groups is 2. The Balaban J connectivity index is 1.42. The second-order valence-corrected chi connectivity index (χ2v) is 9.99. The molecular weight excluding hydrogens is 511 g/mol. The Hall–Kier alpha value is -3.05. The van der Waals surface area contributed by atoms with Gasteiger partial charge < -0.3 is 15.0 Å². The number of carbonyl (C=O) groups excluding carboxylic acids is 2. The van der Waals surface area contributed by atoms with E-state index in [-0.39, 0.29) is 23.5 Å². The van der Waals surface area contributed by atoms with Crippen molar-refractivity contribution >= 4 is 40.6 Å². The number of likely N-dealkylation sites (tertiary alicyclic amines) is 1. The number of piperidine rings is 1. The fourth-order valence-corrected chi connectivity index (χ4v) is 5.44. The Kier molecular flexibility index (Phi) is 8.20.